The van der Waals surface area contributed by atoms with E-state index in [1.54, 1.807) is 11.0 Å². The number of hydrogen-bond acceptors (Lipinski definition) is 3. The Hall–Kier alpha value is -2.14. The van der Waals surface area contributed by atoms with Gasteiger partial charge < -0.3 is 4.90 Å². The van der Waals surface area contributed by atoms with Crippen molar-refractivity contribution >= 4 is 15.7 Å². The molecule has 120 valence electrons. The van der Waals surface area contributed by atoms with Crippen LogP contribution in [0.15, 0.2) is 54.6 Å². The number of hydrogen-bond donors (Lipinski definition) is 0. The minimum absolute atomic E-state index is 0.00408. The van der Waals surface area contributed by atoms with Crippen LogP contribution in [0.3, 0.4) is 0 Å². The summed E-state index contributed by atoms with van der Waals surface area (Å²) in [6.45, 7) is 2.39. The van der Waals surface area contributed by atoms with Gasteiger partial charge in [-0.25, -0.2) is 8.42 Å². The average molecular weight is 329 g/mol. The topological polar surface area (TPSA) is 54.5 Å². The third-order valence-electron chi connectivity index (χ3n) is 4.19. The Kier molecular flexibility index (Phi) is 4.22. The van der Waals surface area contributed by atoms with Crippen molar-refractivity contribution in [3.63, 3.8) is 0 Å². The molecule has 0 bridgehead atoms. The maximum absolute atomic E-state index is 12.7. The van der Waals surface area contributed by atoms with Crippen molar-refractivity contribution in [2.24, 2.45) is 0 Å². The second-order valence-electron chi connectivity index (χ2n) is 5.89. The molecule has 1 unspecified atom stereocenters. The van der Waals surface area contributed by atoms with E-state index in [1.807, 2.05) is 55.5 Å². The van der Waals surface area contributed by atoms with Gasteiger partial charge in [-0.15, -0.1) is 0 Å². The van der Waals surface area contributed by atoms with Crippen LogP contribution in [0.1, 0.15) is 26.7 Å². The molecule has 1 aliphatic rings. The fourth-order valence-electron chi connectivity index (χ4n) is 2.91. The normalized spacial score (nSPS) is 20.2. The monoisotopic (exact) mass is 329 g/mol. The quantitative estimate of drug-likeness (QED) is 0.851. The summed E-state index contributed by atoms with van der Waals surface area (Å²) in [5.74, 6) is -0.103. The van der Waals surface area contributed by atoms with Gasteiger partial charge in [-0.3, -0.25) is 4.79 Å². The van der Waals surface area contributed by atoms with Gasteiger partial charge in [-0.2, -0.15) is 0 Å². The molecule has 5 heteroatoms. The molecule has 23 heavy (non-hydrogen) atoms. The largest absolute Gasteiger partial charge is 0.336 e. The number of aryl methyl sites for hydroxylation is 1. The van der Waals surface area contributed by atoms with E-state index in [2.05, 4.69) is 0 Å². The smallest absolute Gasteiger partial charge is 0.253 e. The number of sulfone groups is 1. The number of benzene rings is 2. The van der Waals surface area contributed by atoms with Crippen LogP contribution < -0.4 is 0 Å². The van der Waals surface area contributed by atoms with Gasteiger partial charge in [-0.05, 0) is 24.6 Å². The number of carbonyl (C=O) groups excluding carboxylic acids is 1. The molecule has 1 amide bonds. The predicted molar refractivity (Wildman–Crippen MR) is 90.1 cm³/mol. The maximum atomic E-state index is 12.7. The molecular weight excluding hydrogens is 310 g/mol. The summed E-state index contributed by atoms with van der Waals surface area (Å²) < 4.78 is 24.8. The summed E-state index contributed by atoms with van der Waals surface area (Å²) in [5, 5.41) is -0.647. The van der Waals surface area contributed by atoms with Crippen LogP contribution in [-0.4, -0.2) is 38.1 Å². The van der Waals surface area contributed by atoms with Crippen molar-refractivity contribution in [3.8, 4) is 0 Å². The Morgan fingerprint density at radius 2 is 1.83 bits per heavy atom. The van der Waals surface area contributed by atoms with Gasteiger partial charge in [0.15, 0.2) is 9.84 Å². The van der Waals surface area contributed by atoms with Crippen molar-refractivity contribution < 1.29 is 13.2 Å². The molecule has 1 saturated heterocycles. The Morgan fingerprint density at radius 3 is 2.52 bits per heavy atom. The first kappa shape index (κ1) is 15.7. The van der Waals surface area contributed by atoms with Crippen molar-refractivity contribution in [2.45, 2.75) is 12.2 Å². The molecule has 1 atom stereocenters. The molecule has 0 saturated carbocycles. The van der Waals surface area contributed by atoms with Crippen LogP contribution >= 0.6 is 0 Å². The predicted octanol–water partition coefficient (Wildman–Crippen LogP) is 2.61. The average Bonchev–Trinajstić information content (AvgIpc) is 2.55. The summed E-state index contributed by atoms with van der Waals surface area (Å²) in [7, 11) is -3.23. The van der Waals surface area contributed by atoms with Crippen LogP contribution in [0.25, 0.3) is 0 Å². The highest BCUT2D eigenvalue weighted by Crippen LogP contribution is 2.28. The number of amides is 1. The van der Waals surface area contributed by atoms with Crippen LogP contribution in [0, 0.1) is 6.92 Å². The lowest BCUT2D eigenvalue weighted by Gasteiger charge is -2.33. The highest BCUT2D eigenvalue weighted by Gasteiger charge is 2.36. The van der Waals surface area contributed by atoms with Gasteiger partial charge in [0.25, 0.3) is 5.91 Å². The molecule has 2 aromatic carbocycles. The van der Waals surface area contributed by atoms with E-state index in [-0.39, 0.29) is 24.7 Å². The summed E-state index contributed by atoms with van der Waals surface area (Å²) in [4.78, 5) is 14.3. The first-order valence-electron chi connectivity index (χ1n) is 7.60. The molecule has 0 aliphatic carbocycles. The van der Waals surface area contributed by atoms with Crippen molar-refractivity contribution in [1.29, 1.82) is 0 Å². The lowest BCUT2D eigenvalue weighted by Crippen LogP contribution is -2.45. The Balaban J connectivity index is 1.87. The second-order valence-corrected chi connectivity index (χ2v) is 8.19. The molecule has 4 nitrogen and oxygen atoms in total. The van der Waals surface area contributed by atoms with Crippen LogP contribution in [0.2, 0.25) is 0 Å². The van der Waals surface area contributed by atoms with Crippen LogP contribution in [0.4, 0.5) is 0 Å². The molecule has 1 aliphatic heterocycles. The van der Waals surface area contributed by atoms with Crippen LogP contribution in [0.5, 0.6) is 0 Å². The summed E-state index contributed by atoms with van der Waals surface area (Å²) >= 11 is 0. The molecule has 2 aromatic rings. The van der Waals surface area contributed by atoms with E-state index < -0.39 is 15.1 Å². The molecular formula is C18H19NO3S. The molecule has 0 N–H and O–H groups in total. The third-order valence-corrected chi connectivity index (χ3v) is 6.23. The molecule has 1 heterocycles. The standard InChI is InChI=1S/C18H19NO3S/c1-14-6-5-9-16(12-14)18(20)19-10-11-23(21,22)17(13-19)15-7-3-2-4-8-15/h2-9,12,17H,10-11,13H2,1H3. The van der Waals surface area contributed by atoms with Gasteiger partial charge in [0, 0.05) is 18.7 Å². The summed E-state index contributed by atoms with van der Waals surface area (Å²) in [6.07, 6.45) is 0. The second kappa shape index (κ2) is 6.16. The molecule has 0 spiro atoms. The SMILES string of the molecule is Cc1cccc(C(=O)N2CCS(=O)(=O)C(c3ccccc3)C2)c1. The Bertz CT molecular complexity index is 815. The fraction of sp³-hybridized carbons (Fsp3) is 0.278. The van der Waals surface area contributed by atoms with Crippen molar-refractivity contribution in [1.82, 2.24) is 4.90 Å². The van der Waals surface area contributed by atoms with E-state index in [1.165, 1.54) is 0 Å². The van der Waals surface area contributed by atoms with Gasteiger partial charge in [0.05, 0.1) is 5.75 Å². The van der Waals surface area contributed by atoms with E-state index in [0.717, 1.165) is 11.1 Å². The first-order valence-corrected chi connectivity index (χ1v) is 9.31. The molecule has 0 aromatic heterocycles. The van der Waals surface area contributed by atoms with E-state index in [9.17, 15) is 13.2 Å². The van der Waals surface area contributed by atoms with E-state index >= 15 is 0 Å². The van der Waals surface area contributed by atoms with Crippen LogP contribution in [-0.2, 0) is 9.84 Å². The molecule has 3 rings (SSSR count). The molecule has 1 fully saturated rings. The minimum Gasteiger partial charge on any atom is -0.336 e. The first-order chi connectivity index (χ1) is 11.0. The Morgan fingerprint density at radius 1 is 1.09 bits per heavy atom. The summed E-state index contributed by atoms with van der Waals surface area (Å²) in [6, 6.07) is 16.5. The fourth-order valence-corrected chi connectivity index (χ4v) is 4.65. The zero-order valence-corrected chi connectivity index (χ0v) is 13.8. The minimum atomic E-state index is -3.23. The van der Waals surface area contributed by atoms with Crippen molar-refractivity contribution in [2.75, 3.05) is 18.8 Å². The van der Waals surface area contributed by atoms with Gasteiger partial charge in [0.1, 0.15) is 5.25 Å². The Labute approximate surface area is 136 Å². The number of rotatable bonds is 2. The maximum Gasteiger partial charge on any atom is 0.253 e. The zero-order chi connectivity index (χ0) is 16.4. The highest BCUT2D eigenvalue weighted by molar-refractivity contribution is 7.91. The van der Waals surface area contributed by atoms with E-state index in [4.69, 9.17) is 0 Å². The lowest BCUT2D eigenvalue weighted by atomic mass is 10.1. The summed E-state index contributed by atoms with van der Waals surface area (Å²) in [5.41, 5.74) is 2.37. The third kappa shape index (κ3) is 3.29. The number of nitrogens with zero attached hydrogens (tertiary/aromatic N) is 1. The van der Waals surface area contributed by atoms with E-state index in [0.29, 0.717) is 5.56 Å². The van der Waals surface area contributed by atoms with Crippen molar-refractivity contribution in [3.05, 3.63) is 71.3 Å². The van der Waals surface area contributed by atoms with Gasteiger partial charge in [0.2, 0.25) is 0 Å². The lowest BCUT2D eigenvalue weighted by molar-refractivity contribution is 0.0758. The highest BCUT2D eigenvalue weighted by atomic mass is 32.2. The molecule has 0 radical (unpaired) electrons. The number of carbonyl (C=O) groups is 1. The van der Waals surface area contributed by atoms with Gasteiger partial charge >= 0.3 is 0 Å². The van der Waals surface area contributed by atoms with Gasteiger partial charge in [-0.1, -0.05) is 48.0 Å². The zero-order valence-electron chi connectivity index (χ0n) is 13.0.